The van der Waals surface area contributed by atoms with E-state index in [1.54, 1.807) is 20.2 Å². The molecule has 0 aliphatic heterocycles. The van der Waals surface area contributed by atoms with Crippen LogP contribution in [0.3, 0.4) is 0 Å². The van der Waals surface area contributed by atoms with E-state index < -0.39 is 58.0 Å². The first-order valence-electron chi connectivity index (χ1n) is 14.9. The van der Waals surface area contributed by atoms with Gasteiger partial charge in [-0.3, -0.25) is 24.1 Å². The van der Waals surface area contributed by atoms with Crippen LogP contribution in [0.4, 0.5) is 0 Å². The molecule has 5 rings (SSSR count). The predicted molar refractivity (Wildman–Crippen MR) is 166 cm³/mol. The number of ketones is 3. The average molecular weight is 618 g/mol. The third-order valence-electron chi connectivity index (χ3n) is 9.30. The van der Waals surface area contributed by atoms with Gasteiger partial charge in [-0.2, -0.15) is 0 Å². The van der Waals surface area contributed by atoms with Gasteiger partial charge in [0.15, 0.2) is 11.4 Å². The monoisotopic (exact) mass is 617 g/mol. The molecule has 45 heavy (non-hydrogen) atoms. The highest BCUT2D eigenvalue weighted by molar-refractivity contribution is 6.24. The van der Waals surface area contributed by atoms with Crippen molar-refractivity contribution in [2.45, 2.75) is 43.7 Å². The number of fused-ring (bicyclic) bond motifs is 3. The number of primary amides is 1. The van der Waals surface area contributed by atoms with Crippen LogP contribution in [0, 0.1) is 11.8 Å². The molecule has 4 atom stereocenters. The first-order valence-corrected chi connectivity index (χ1v) is 14.9. The van der Waals surface area contributed by atoms with Crippen LogP contribution in [0.1, 0.15) is 36.0 Å². The van der Waals surface area contributed by atoms with Gasteiger partial charge in [0.05, 0.1) is 11.6 Å². The normalized spacial score (nSPS) is 24.6. The van der Waals surface area contributed by atoms with Crippen LogP contribution >= 0.6 is 0 Å². The highest BCUT2D eigenvalue weighted by atomic mass is 16.3. The number of hydrogen-bond donors (Lipinski definition) is 5. The van der Waals surface area contributed by atoms with E-state index in [1.165, 1.54) is 11.0 Å². The number of aromatic hydroxyl groups is 1. The molecule has 1 fully saturated rings. The summed E-state index contributed by atoms with van der Waals surface area (Å²) in [6.07, 6.45) is 1.66. The molecule has 11 heteroatoms. The number of likely N-dealkylation sites (N-methyl/N-ethyl adjacent to an activating group) is 1. The fraction of sp³-hybridized carbons (Fsp3) is 0.412. The van der Waals surface area contributed by atoms with E-state index in [2.05, 4.69) is 0 Å². The summed E-state index contributed by atoms with van der Waals surface area (Å²) in [5, 5.41) is 45.2. The molecular formula is C34H39N3O8. The number of carbonyl (C=O) groups excluding carboxylic acids is 4. The Morgan fingerprint density at radius 2 is 1.76 bits per heavy atom. The van der Waals surface area contributed by atoms with Crippen molar-refractivity contribution in [2.24, 2.45) is 17.6 Å². The Bertz CT molecular complexity index is 1670. The van der Waals surface area contributed by atoms with Gasteiger partial charge in [-0.25, -0.2) is 0 Å². The Morgan fingerprint density at radius 1 is 1.04 bits per heavy atom. The molecule has 0 spiro atoms. The van der Waals surface area contributed by atoms with Gasteiger partial charge in [0, 0.05) is 24.3 Å². The van der Waals surface area contributed by atoms with Crippen molar-refractivity contribution >= 4 is 29.0 Å². The van der Waals surface area contributed by atoms with E-state index in [1.807, 2.05) is 43.3 Å². The third kappa shape index (κ3) is 5.34. The molecule has 2 aromatic carbocycles. The second-order valence-corrected chi connectivity index (χ2v) is 12.8. The molecule has 1 amide bonds. The highest BCUT2D eigenvalue weighted by Crippen LogP contribution is 2.53. The molecule has 0 unspecified atom stereocenters. The van der Waals surface area contributed by atoms with Crippen molar-refractivity contribution in [2.75, 3.05) is 34.7 Å². The maximum absolute atomic E-state index is 14.1. The molecule has 0 radical (unpaired) electrons. The number of benzene rings is 2. The minimum Gasteiger partial charge on any atom is -0.508 e. The predicted octanol–water partition coefficient (Wildman–Crippen LogP) is 2.08. The highest BCUT2D eigenvalue weighted by Gasteiger charge is 2.64. The van der Waals surface area contributed by atoms with Crippen molar-refractivity contribution in [3.8, 4) is 16.9 Å². The summed E-state index contributed by atoms with van der Waals surface area (Å²) in [6, 6.07) is 9.44. The maximum atomic E-state index is 14.1. The summed E-state index contributed by atoms with van der Waals surface area (Å²) in [4.78, 5) is 55.7. The number of phenolic OH excluding ortho intramolecular Hbond substituents is 1. The molecule has 0 heterocycles. The van der Waals surface area contributed by atoms with E-state index in [0.717, 1.165) is 24.1 Å². The number of nitrogens with zero attached hydrogens (tertiary/aromatic N) is 2. The van der Waals surface area contributed by atoms with Gasteiger partial charge >= 0.3 is 0 Å². The van der Waals surface area contributed by atoms with E-state index >= 15 is 0 Å². The summed E-state index contributed by atoms with van der Waals surface area (Å²) in [5.41, 5.74) is 4.49. The van der Waals surface area contributed by atoms with Crippen LogP contribution in [0.5, 0.6) is 5.75 Å². The number of nitrogens with two attached hydrogens (primary N) is 1. The second kappa shape index (κ2) is 11.9. The standard InChI is InChI=1S/C34H39N3O8/c1-36(2)12-6-9-20(38)14-17-7-5-8-18(13-17)21-10-11-24(39)26-22(21)15-19-16-23-28(37(3)4)30(41)27(33(35)44)32(43)34(23,45)31(42)25(19)29(26)40/h5,7-8,10-11,13,19,23,28,39-40,43,45H,6,9,12,14-16H2,1-4H3,(H2,35,44)/t19-,23-,28-,34-/m0/s1. The van der Waals surface area contributed by atoms with E-state index in [0.29, 0.717) is 17.5 Å². The number of aliphatic hydroxyl groups excluding tert-OH is 2. The third-order valence-corrected chi connectivity index (χ3v) is 9.30. The van der Waals surface area contributed by atoms with E-state index in [9.17, 15) is 39.6 Å². The number of aliphatic hydroxyl groups is 3. The number of hydrogen-bond acceptors (Lipinski definition) is 10. The van der Waals surface area contributed by atoms with E-state index in [-0.39, 0.29) is 41.9 Å². The SMILES string of the molecule is CN(C)CCCC(=O)Cc1cccc(-c2ccc(O)c3c2C[C@H]2C[C@H]4[C@H](N(C)C)C(=O)C(C(N)=O)=C(O)[C@@]4(O)C(=O)C2=C3O)c1. The largest absolute Gasteiger partial charge is 0.508 e. The number of phenols is 1. The first-order chi connectivity index (χ1) is 21.2. The second-order valence-electron chi connectivity index (χ2n) is 12.8. The van der Waals surface area contributed by atoms with Gasteiger partial charge in [0.25, 0.3) is 5.91 Å². The molecule has 0 saturated heterocycles. The fourth-order valence-corrected chi connectivity index (χ4v) is 7.27. The van der Waals surface area contributed by atoms with Crippen LogP contribution in [-0.4, -0.2) is 99.9 Å². The van der Waals surface area contributed by atoms with Gasteiger partial charge in [0.1, 0.15) is 28.6 Å². The van der Waals surface area contributed by atoms with Gasteiger partial charge in [0.2, 0.25) is 5.78 Å². The smallest absolute Gasteiger partial charge is 0.255 e. The zero-order valence-corrected chi connectivity index (χ0v) is 25.8. The molecule has 238 valence electrons. The minimum absolute atomic E-state index is 0.00233. The van der Waals surface area contributed by atoms with Crippen LogP contribution in [0.2, 0.25) is 0 Å². The van der Waals surface area contributed by atoms with Crippen molar-refractivity contribution < 1.29 is 39.6 Å². The molecule has 0 bridgehead atoms. The number of Topliss-reactive ketones (excluding diaryl/α,β-unsaturated/α-hetero) is 3. The van der Waals surface area contributed by atoms with Crippen molar-refractivity contribution in [1.29, 1.82) is 0 Å². The molecule has 11 nitrogen and oxygen atoms in total. The van der Waals surface area contributed by atoms with Gasteiger partial charge in [-0.1, -0.05) is 30.3 Å². The topological polar surface area (TPSA) is 182 Å². The molecule has 3 aliphatic carbocycles. The van der Waals surface area contributed by atoms with E-state index in [4.69, 9.17) is 5.73 Å². The summed E-state index contributed by atoms with van der Waals surface area (Å²) < 4.78 is 0. The molecule has 1 saturated carbocycles. The Morgan fingerprint density at radius 3 is 2.40 bits per heavy atom. The minimum atomic E-state index is -2.69. The van der Waals surface area contributed by atoms with Crippen LogP contribution in [0.15, 0.2) is 53.3 Å². The zero-order chi connectivity index (χ0) is 33.0. The van der Waals surface area contributed by atoms with Crippen LogP contribution in [-0.2, 0) is 32.0 Å². The molecule has 6 N–H and O–H groups in total. The first kappa shape index (κ1) is 32.1. The number of carbonyl (C=O) groups is 4. The number of amides is 1. The molecule has 0 aromatic heterocycles. The lowest BCUT2D eigenvalue weighted by Crippen LogP contribution is -2.65. The van der Waals surface area contributed by atoms with Gasteiger partial charge < -0.3 is 31.1 Å². The van der Waals surface area contributed by atoms with Gasteiger partial charge in [-0.15, -0.1) is 0 Å². The van der Waals surface area contributed by atoms with Crippen LogP contribution < -0.4 is 5.73 Å². The summed E-state index contributed by atoms with van der Waals surface area (Å²) in [6.45, 7) is 0.817. The Hall–Kier alpha value is -4.32. The summed E-state index contributed by atoms with van der Waals surface area (Å²) >= 11 is 0. The summed E-state index contributed by atoms with van der Waals surface area (Å²) in [5.74, 6) is -6.80. The quantitative estimate of drug-likeness (QED) is 0.261. The van der Waals surface area contributed by atoms with Crippen molar-refractivity contribution in [1.82, 2.24) is 9.80 Å². The molecule has 3 aliphatic rings. The Kier molecular flexibility index (Phi) is 8.47. The molecule has 2 aromatic rings. The van der Waals surface area contributed by atoms with Crippen molar-refractivity contribution in [3.63, 3.8) is 0 Å². The lowest BCUT2D eigenvalue weighted by Gasteiger charge is -2.50. The lowest BCUT2D eigenvalue weighted by molar-refractivity contribution is -0.153. The lowest BCUT2D eigenvalue weighted by atomic mass is 9.57. The Labute approximate surface area is 261 Å². The van der Waals surface area contributed by atoms with Crippen molar-refractivity contribution in [3.05, 3.63) is 70.0 Å². The number of rotatable bonds is 9. The Balaban J connectivity index is 1.57. The summed E-state index contributed by atoms with van der Waals surface area (Å²) in [7, 11) is 7.04. The zero-order valence-electron chi connectivity index (χ0n) is 25.8. The molecular weight excluding hydrogens is 578 g/mol. The fourth-order valence-electron chi connectivity index (χ4n) is 7.27. The maximum Gasteiger partial charge on any atom is 0.255 e. The average Bonchev–Trinajstić information content (AvgIpc) is 2.94. The van der Waals surface area contributed by atoms with Crippen LogP contribution in [0.25, 0.3) is 16.9 Å². The van der Waals surface area contributed by atoms with Gasteiger partial charge in [-0.05, 0) is 88.2 Å².